The number of piperazine rings is 1. The molecule has 4 nitrogen and oxygen atoms in total. The normalized spacial score (nSPS) is 22.9. The van der Waals surface area contributed by atoms with Crippen molar-refractivity contribution in [2.24, 2.45) is 0 Å². The maximum atomic E-state index is 11.2. The molecule has 2 N–H and O–H groups in total. The molecule has 0 aromatic heterocycles. The highest BCUT2D eigenvalue weighted by Gasteiger charge is 2.24. The molecule has 78 valence electrons. The van der Waals surface area contributed by atoms with E-state index in [9.17, 15) is 4.79 Å². The first-order valence-corrected chi connectivity index (χ1v) is 4.88. The zero-order valence-electron chi connectivity index (χ0n) is 9.05. The van der Waals surface area contributed by atoms with Crippen molar-refractivity contribution < 1.29 is 4.79 Å². The Hall–Kier alpha value is -0.610. The Morgan fingerprint density at radius 3 is 2.62 bits per heavy atom. The molecule has 1 aliphatic rings. The van der Waals surface area contributed by atoms with E-state index in [0.717, 1.165) is 19.6 Å². The van der Waals surface area contributed by atoms with Crippen LogP contribution in [0.15, 0.2) is 0 Å². The first kappa shape index (κ1) is 12.4. The van der Waals surface area contributed by atoms with Crippen LogP contribution in [0.1, 0.15) is 13.8 Å². The third-order valence-electron chi connectivity index (χ3n) is 2.06. The molecule has 1 heterocycles. The monoisotopic (exact) mass is 187 g/mol. The predicted octanol–water partition coefficient (Wildman–Crippen LogP) is -0.338. The molecule has 0 aliphatic carbocycles. The third kappa shape index (κ3) is 3.74. The number of nitrogens with one attached hydrogen (secondary N) is 2. The van der Waals surface area contributed by atoms with E-state index < -0.39 is 0 Å². The first-order chi connectivity index (χ1) is 6.25. The molecule has 0 spiro atoms. The van der Waals surface area contributed by atoms with Gasteiger partial charge in [-0.15, -0.1) is 0 Å². The van der Waals surface area contributed by atoms with E-state index in [1.165, 1.54) is 0 Å². The van der Waals surface area contributed by atoms with Crippen LogP contribution < -0.4 is 10.6 Å². The highest BCUT2D eigenvalue weighted by atomic mass is 16.2. The highest BCUT2D eigenvalue weighted by molar-refractivity contribution is 5.81. The lowest BCUT2D eigenvalue weighted by Gasteiger charge is -2.31. The molecule has 0 radical (unpaired) electrons. The van der Waals surface area contributed by atoms with Crippen molar-refractivity contribution in [1.29, 1.82) is 0 Å². The van der Waals surface area contributed by atoms with E-state index in [-0.39, 0.29) is 11.9 Å². The summed E-state index contributed by atoms with van der Waals surface area (Å²) in [5, 5.41) is 5.82. The average Bonchev–Trinajstić information content (AvgIpc) is 2.20. The summed E-state index contributed by atoms with van der Waals surface area (Å²) in [4.78, 5) is 13.2. The third-order valence-corrected chi connectivity index (χ3v) is 2.06. The quantitative estimate of drug-likeness (QED) is 0.590. The van der Waals surface area contributed by atoms with Gasteiger partial charge in [0.15, 0.2) is 0 Å². The lowest BCUT2D eigenvalue weighted by molar-refractivity contribution is -0.125. The van der Waals surface area contributed by atoms with Crippen molar-refractivity contribution in [3.05, 3.63) is 0 Å². The van der Waals surface area contributed by atoms with E-state index in [4.69, 9.17) is 0 Å². The lowest BCUT2D eigenvalue weighted by atomic mass is 10.2. The minimum Gasteiger partial charge on any atom is -0.358 e. The van der Waals surface area contributed by atoms with E-state index >= 15 is 0 Å². The molecule has 1 amide bonds. The molecular weight excluding hydrogens is 166 g/mol. The zero-order valence-corrected chi connectivity index (χ0v) is 9.05. The standard InChI is InChI=1S/C7H15N3O.C2H6/c1-8-7(11)6-5-9-3-4-10(6)2;1-2/h6,9H,3-5H2,1-2H3,(H,8,11);1-2H3. The Kier molecular flexibility index (Phi) is 6.54. The van der Waals surface area contributed by atoms with Gasteiger partial charge in [-0.25, -0.2) is 0 Å². The van der Waals surface area contributed by atoms with Crippen molar-refractivity contribution in [1.82, 2.24) is 15.5 Å². The summed E-state index contributed by atoms with van der Waals surface area (Å²) >= 11 is 0. The zero-order chi connectivity index (χ0) is 10.3. The second-order valence-corrected chi connectivity index (χ2v) is 2.81. The van der Waals surface area contributed by atoms with Crippen molar-refractivity contribution in [2.45, 2.75) is 19.9 Å². The van der Waals surface area contributed by atoms with E-state index in [2.05, 4.69) is 15.5 Å². The molecule has 0 aromatic carbocycles. The maximum Gasteiger partial charge on any atom is 0.238 e. The number of rotatable bonds is 1. The van der Waals surface area contributed by atoms with Crippen LogP contribution >= 0.6 is 0 Å². The fraction of sp³-hybridized carbons (Fsp3) is 0.889. The Bertz CT molecular complexity index is 150. The predicted molar refractivity (Wildman–Crippen MR) is 54.7 cm³/mol. The minimum absolute atomic E-state index is 0.00810. The van der Waals surface area contributed by atoms with Gasteiger partial charge in [0.05, 0.1) is 0 Å². The first-order valence-electron chi connectivity index (χ1n) is 4.88. The van der Waals surface area contributed by atoms with Gasteiger partial charge >= 0.3 is 0 Å². The number of hydrogen-bond donors (Lipinski definition) is 2. The van der Waals surface area contributed by atoms with Crippen molar-refractivity contribution in [3.8, 4) is 0 Å². The molecule has 0 bridgehead atoms. The summed E-state index contributed by atoms with van der Waals surface area (Å²) in [5.41, 5.74) is 0. The SMILES string of the molecule is CC.CNC(=O)C1CNCCN1C. The fourth-order valence-corrected chi connectivity index (χ4v) is 1.27. The van der Waals surface area contributed by atoms with Crippen molar-refractivity contribution in [3.63, 3.8) is 0 Å². The second-order valence-electron chi connectivity index (χ2n) is 2.81. The van der Waals surface area contributed by atoms with Crippen LogP contribution in [0.25, 0.3) is 0 Å². The van der Waals surface area contributed by atoms with Crippen LogP contribution in [0.2, 0.25) is 0 Å². The van der Waals surface area contributed by atoms with Gasteiger partial charge in [-0.3, -0.25) is 9.69 Å². The Morgan fingerprint density at radius 2 is 2.15 bits per heavy atom. The summed E-state index contributed by atoms with van der Waals surface area (Å²) in [6.07, 6.45) is 0. The fourth-order valence-electron chi connectivity index (χ4n) is 1.27. The smallest absolute Gasteiger partial charge is 0.238 e. The molecule has 1 rings (SSSR count). The molecule has 13 heavy (non-hydrogen) atoms. The molecule has 0 aromatic rings. The van der Waals surface area contributed by atoms with Crippen LogP contribution in [-0.4, -0.2) is 50.6 Å². The van der Waals surface area contributed by atoms with Gasteiger partial charge in [0, 0.05) is 26.7 Å². The molecular formula is C9H21N3O. The van der Waals surface area contributed by atoms with Crippen LogP contribution in [0.4, 0.5) is 0 Å². The van der Waals surface area contributed by atoms with Crippen LogP contribution in [0.5, 0.6) is 0 Å². The summed E-state index contributed by atoms with van der Waals surface area (Å²) in [5.74, 6) is 0.0969. The van der Waals surface area contributed by atoms with Gasteiger partial charge in [-0.2, -0.15) is 0 Å². The number of carbonyl (C=O) groups is 1. The molecule has 1 unspecified atom stereocenters. The summed E-state index contributed by atoms with van der Waals surface area (Å²) in [7, 11) is 3.64. The van der Waals surface area contributed by atoms with Crippen molar-refractivity contribution in [2.75, 3.05) is 33.7 Å². The summed E-state index contributed by atoms with van der Waals surface area (Å²) < 4.78 is 0. The van der Waals surface area contributed by atoms with E-state index in [1.807, 2.05) is 20.9 Å². The molecule has 1 saturated heterocycles. The Labute approximate surface area is 80.7 Å². The molecule has 1 atom stereocenters. The minimum atomic E-state index is 0.00810. The van der Waals surface area contributed by atoms with Gasteiger partial charge in [0.1, 0.15) is 6.04 Å². The van der Waals surface area contributed by atoms with Gasteiger partial charge in [0.2, 0.25) is 5.91 Å². The maximum absolute atomic E-state index is 11.2. The summed E-state index contributed by atoms with van der Waals surface area (Å²) in [6.45, 7) is 6.68. The van der Waals surface area contributed by atoms with E-state index in [1.54, 1.807) is 7.05 Å². The number of hydrogen-bond acceptors (Lipinski definition) is 3. The number of carbonyl (C=O) groups excluding carboxylic acids is 1. The number of amides is 1. The van der Waals surface area contributed by atoms with Crippen LogP contribution in [0.3, 0.4) is 0 Å². The lowest BCUT2D eigenvalue weighted by Crippen LogP contribution is -2.55. The van der Waals surface area contributed by atoms with Crippen LogP contribution in [0, 0.1) is 0 Å². The molecule has 1 fully saturated rings. The molecule has 0 saturated carbocycles. The van der Waals surface area contributed by atoms with E-state index in [0.29, 0.717) is 0 Å². The summed E-state index contributed by atoms with van der Waals surface area (Å²) in [6, 6.07) is 0.00810. The topological polar surface area (TPSA) is 44.4 Å². The van der Waals surface area contributed by atoms with Gasteiger partial charge in [-0.05, 0) is 7.05 Å². The Balaban J connectivity index is 0.000000671. The number of nitrogens with zero attached hydrogens (tertiary/aromatic N) is 1. The molecule has 1 aliphatic heterocycles. The number of likely N-dealkylation sites (N-methyl/N-ethyl adjacent to an activating group) is 2. The van der Waals surface area contributed by atoms with Crippen molar-refractivity contribution >= 4 is 5.91 Å². The second kappa shape index (κ2) is 6.86. The highest BCUT2D eigenvalue weighted by Crippen LogP contribution is 1.98. The van der Waals surface area contributed by atoms with Gasteiger partial charge in [0.25, 0.3) is 0 Å². The molecule has 4 heteroatoms. The van der Waals surface area contributed by atoms with Gasteiger partial charge in [-0.1, -0.05) is 13.8 Å². The van der Waals surface area contributed by atoms with Gasteiger partial charge < -0.3 is 10.6 Å². The Morgan fingerprint density at radius 1 is 1.54 bits per heavy atom. The largest absolute Gasteiger partial charge is 0.358 e. The average molecular weight is 187 g/mol. The van der Waals surface area contributed by atoms with Crippen LogP contribution in [-0.2, 0) is 4.79 Å².